The summed E-state index contributed by atoms with van der Waals surface area (Å²) in [6, 6.07) is 0. The SMILES string of the molecule is CC(=O)O[C@@H]1[C@H](OC(C)=O)C[C@]2(C)[C@H]3CC[C@]4(C)C(=CC[C@@]5(C(=O)O)CCC(C)(C)C[C@H]54)[C@]3(C)CC[C@H]2C1(C)C. The quantitative estimate of drug-likeness (QED) is 0.289. The van der Waals surface area contributed by atoms with Crippen LogP contribution in [-0.4, -0.2) is 35.2 Å². The molecule has 0 heterocycles. The zero-order valence-electron chi connectivity index (χ0n) is 26.3. The van der Waals surface area contributed by atoms with Gasteiger partial charge in [0, 0.05) is 19.3 Å². The van der Waals surface area contributed by atoms with E-state index in [1.165, 1.54) is 19.4 Å². The van der Waals surface area contributed by atoms with Gasteiger partial charge in [-0.25, -0.2) is 0 Å². The first kappa shape index (κ1) is 29.6. The zero-order valence-corrected chi connectivity index (χ0v) is 26.3. The van der Waals surface area contributed by atoms with Gasteiger partial charge < -0.3 is 14.6 Å². The lowest BCUT2D eigenvalue weighted by Gasteiger charge is -2.70. The molecule has 0 unspecified atom stereocenters. The van der Waals surface area contributed by atoms with Gasteiger partial charge >= 0.3 is 17.9 Å². The van der Waals surface area contributed by atoms with Crippen molar-refractivity contribution in [3.05, 3.63) is 11.6 Å². The van der Waals surface area contributed by atoms with Crippen LogP contribution in [0.2, 0.25) is 0 Å². The van der Waals surface area contributed by atoms with Crippen LogP contribution in [0.5, 0.6) is 0 Å². The summed E-state index contributed by atoms with van der Waals surface area (Å²) >= 11 is 0. The van der Waals surface area contributed by atoms with Gasteiger partial charge in [0.05, 0.1) is 5.41 Å². The second kappa shape index (κ2) is 9.07. The Labute approximate surface area is 241 Å². The topological polar surface area (TPSA) is 89.9 Å². The first-order valence-electron chi connectivity index (χ1n) is 15.6. The average molecular weight is 557 g/mol. The summed E-state index contributed by atoms with van der Waals surface area (Å²) in [5, 5.41) is 10.6. The van der Waals surface area contributed by atoms with Crippen LogP contribution in [0.3, 0.4) is 0 Å². The van der Waals surface area contributed by atoms with Crippen molar-refractivity contribution in [2.75, 3.05) is 0 Å². The van der Waals surface area contributed by atoms with Crippen molar-refractivity contribution in [2.24, 2.45) is 50.2 Å². The van der Waals surface area contributed by atoms with E-state index >= 15 is 0 Å². The summed E-state index contributed by atoms with van der Waals surface area (Å²) in [5.41, 5.74) is 0.337. The molecule has 40 heavy (non-hydrogen) atoms. The van der Waals surface area contributed by atoms with Gasteiger partial charge in [0.15, 0.2) is 0 Å². The molecular formula is C34H52O6. The molecule has 6 heteroatoms. The molecule has 0 spiro atoms. The monoisotopic (exact) mass is 556 g/mol. The molecule has 0 radical (unpaired) electrons. The molecule has 0 aromatic rings. The van der Waals surface area contributed by atoms with Crippen LogP contribution in [0.1, 0.15) is 120 Å². The minimum Gasteiger partial charge on any atom is -0.481 e. The maximum Gasteiger partial charge on any atom is 0.310 e. The molecule has 0 aliphatic heterocycles. The van der Waals surface area contributed by atoms with Crippen LogP contribution in [0.15, 0.2) is 11.6 Å². The number of fused-ring (bicyclic) bond motifs is 7. The van der Waals surface area contributed by atoms with E-state index in [9.17, 15) is 19.5 Å². The van der Waals surface area contributed by atoms with Crippen LogP contribution >= 0.6 is 0 Å². The molecule has 224 valence electrons. The number of rotatable bonds is 3. The normalized spacial score (nSPS) is 46.8. The third kappa shape index (κ3) is 4.04. The second-order valence-corrected chi connectivity index (χ2v) is 16.4. The highest BCUT2D eigenvalue weighted by Gasteiger charge is 2.70. The summed E-state index contributed by atoms with van der Waals surface area (Å²) < 4.78 is 11.8. The Morgan fingerprint density at radius 1 is 0.775 bits per heavy atom. The van der Waals surface area contributed by atoms with Crippen LogP contribution in [0, 0.1) is 50.2 Å². The molecule has 4 saturated carbocycles. The standard InChI is InChI=1S/C34H52O6/c1-20(35)39-22-18-33(9)23(30(5,6)27(22)40-21(2)36)10-13-31(7)24-12-15-34(28(37)38)17-16-29(3,4)19-26(34)32(24,8)14-11-25(31)33/h12,22-23,25-27H,10-11,13-19H2,1-9H3,(H,37,38)/t22-,23+,25+,26+,27-,31+,32-,33+,34-/m1/s1. The molecular weight excluding hydrogens is 504 g/mol. The molecule has 5 aliphatic carbocycles. The molecule has 0 aromatic heterocycles. The zero-order chi connectivity index (χ0) is 29.7. The maximum atomic E-state index is 12.9. The Morgan fingerprint density at radius 2 is 1.35 bits per heavy atom. The van der Waals surface area contributed by atoms with Gasteiger partial charge in [0.1, 0.15) is 12.2 Å². The number of carboxylic acid groups (broad SMARTS) is 1. The third-order valence-corrected chi connectivity index (χ3v) is 13.3. The van der Waals surface area contributed by atoms with Crippen LogP contribution < -0.4 is 0 Å². The minimum atomic E-state index is -0.664. The molecule has 5 aliphatic rings. The van der Waals surface area contributed by atoms with Crippen molar-refractivity contribution in [2.45, 2.75) is 132 Å². The Kier molecular flexibility index (Phi) is 6.72. The van der Waals surface area contributed by atoms with E-state index in [-0.39, 0.29) is 44.9 Å². The summed E-state index contributed by atoms with van der Waals surface area (Å²) in [6.07, 6.45) is 9.49. The van der Waals surface area contributed by atoms with E-state index in [2.05, 4.69) is 54.5 Å². The van der Waals surface area contributed by atoms with Crippen molar-refractivity contribution in [1.82, 2.24) is 0 Å². The van der Waals surface area contributed by atoms with Gasteiger partial charge in [0.2, 0.25) is 0 Å². The molecule has 5 rings (SSSR count). The predicted octanol–water partition coefficient (Wildman–Crippen LogP) is 7.35. The lowest BCUT2D eigenvalue weighted by atomic mass is 9.34. The molecule has 9 atom stereocenters. The van der Waals surface area contributed by atoms with E-state index < -0.39 is 23.6 Å². The van der Waals surface area contributed by atoms with E-state index in [0.717, 1.165) is 44.9 Å². The molecule has 0 amide bonds. The van der Waals surface area contributed by atoms with Crippen molar-refractivity contribution < 1.29 is 29.0 Å². The van der Waals surface area contributed by atoms with Crippen LogP contribution in [0.4, 0.5) is 0 Å². The van der Waals surface area contributed by atoms with Crippen LogP contribution in [0.25, 0.3) is 0 Å². The lowest BCUT2D eigenvalue weighted by molar-refractivity contribution is -0.235. The number of ether oxygens (including phenoxy) is 2. The van der Waals surface area contributed by atoms with Crippen molar-refractivity contribution in [3.8, 4) is 0 Å². The summed E-state index contributed by atoms with van der Waals surface area (Å²) in [6.45, 7) is 19.2. The number of aliphatic carboxylic acids is 1. The largest absolute Gasteiger partial charge is 0.481 e. The summed E-state index contributed by atoms with van der Waals surface area (Å²) in [7, 11) is 0. The minimum absolute atomic E-state index is 0.0460. The van der Waals surface area contributed by atoms with E-state index in [4.69, 9.17) is 9.47 Å². The molecule has 4 fully saturated rings. The number of esters is 2. The Bertz CT molecular complexity index is 1140. The van der Waals surface area contributed by atoms with E-state index in [1.54, 1.807) is 0 Å². The first-order chi connectivity index (χ1) is 18.3. The molecule has 0 bridgehead atoms. The van der Waals surface area contributed by atoms with E-state index in [0.29, 0.717) is 24.7 Å². The molecule has 0 aromatic carbocycles. The van der Waals surface area contributed by atoms with Gasteiger partial charge in [-0.15, -0.1) is 0 Å². The fourth-order valence-corrected chi connectivity index (χ4v) is 11.7. The molecule has 0 saturated heterocycles. The molecule has 1 N–H and O–H groups in total. The van der Waals surface area contributed by atoms with Gasteiger partial charge in [-0.2, -0.15) is 0 Å². The van der Waals surface area contributed by atoms with Gasteiger partial charge in [0.25, 0.3) is 0 Å². The number of carbonyl (C=O) groups excluding carboxylic acids is 2. The Balaban J connectivity index is 1.58. The maximum absolute atomic E-state index is 12.9. The number of hydrogen-bond donors (Lipinski definition) is 1. The lowest BCUT2D eigenvalue weighted by Crippen LogP contribution is -2.66. The van der Waals surface area contributed by atoms with Crippen LogP contribution in [-0.2, 0) is 23.9 Å². The predicted molar refractivity (Wildman–Crippen MR) is 153 cm³/mol. The highest BCUT2D eigenvalue weighted by Crippen LogP contribution is 2.75. The Morgan fingerprint density at radius 3 is 1.93 bits per heavy atom. The number of carboxylic acids is 1. The average Bonchev–Trinajstić information content (AvgIpc) is 2.80. The number of carbonyl (C=O) groups is 3. The van der Waals surface area contributed by atoms with Gasteiger partial charge in [-0.05, 0) is 97.2 Å². The number of allylic oxidation sites excluding steroid dienone is 2. The molecule has 6 nitrogen and oxygen atoms in total. The first-order valence-corrected chi connectivity index (χ1v) is 15.6. The summed E-state index contributed by atoms with van der Waals surface area (Å²) in [4.78, 5) is 37.3. The van der Waals surface area contributed by atoms with Crippen molar-refractivity contribution in [3.63, 3.8) is 0 Å². The summed E-state index contributed by atoms with van der Waals surface area (Å²) in [5.74, 6) is -0.457. The van der Waals surface area contributed by atoms with E-state index in [1.807, 2.05) is 0 Å². The highest BCUT2D eigenvalue weighted by molar-refractivity contribution is 5.76. The van der Waals surface area contributed by atoms with Gasteiger partial charge in [-0.1, -0.05) is 60.1 Å². The smallest absolute Gasteiger partial charge is 0.310 e. The fraction of sp³-hybridized carbons (Fsp3) is 0.853. The Hall–Kier alpha value is -1.85. The highest BCUT2D eigenvalue weighted by atomic mass is 16.6. The van der Waals surface area contributed by atoms with Crippen molar-refractivity contribution in [1.29, 1.82) is 0 Å². The van der Waals surface area contributed by atoms with Gasteiger partial charge in [-0.3, -0.25) is 14.4 Å². The van der Waals surface area contributed by atoms with Crippen molar-refractivity contribution >= 4 is 17.9 Å². The second-order valence-electron chi connectivity index (χ2n) is 16.4. The third-order valence-electron chi connectivity index (χ3n) is 13.3. The number of hydrogen-bond acceptors (Lipinski definition) is 5. The fourth-order valence-electron chi connectivity index (χ4n) is 11.7.